The van der Waals surface area contributed by atoms with Crippen molar-refractivity contribution in [2.45, 2.75) is 143 Å². The summed E-state index contributed by atoms with van der Waals surface area (Å²) >= 11 is 0. The van der Waals surface area contributed by atoms with Gasteiger partial charge in [-0.2, -0.15) is 0 Å². The monoisotopic (exact) mass is 1200 g/mol. The Bertz CT molecular complexity index is 1650. The Labute approximate surface area is 411 Å². The van der Waals surface area contributed by atoms with Crippen molar-refractivity contribution in [2.75, 3.05) is 46.1 Å². The second-order valence-corrected chi connectivity index (χ2v) is 16.0. The van der Waals surface area contributed by atoms with E-state index in [4.69, 9.17) is 15.2 Å². The van der Waals surface area contributed by atoms with Crippen LogP contribution in [0.4, 0.5) is 0 Å². The third-order valence-electron chi connectivity index (χ3n) is 10.9. The van der Waals surface area contributed by atoms with Gasteiger partial charge < -0.3 is 35.5 Å². The van der Waals surface area contributed by atoms with Crippen LogP contribution in [-0.2, 0) is 82.1 Å². The number of rotatable bonds is 30. The molecule has 4 aromatic carbocycles. The van der Waals surface area contributed by atoms with E-state index in [1.54, 1.807) is 0 Å². The normalized spacial score (nSPS) is 11.5. The van der Waals surface area contributed by atoms with Gasteiger partial charge in [0.05, 0.1) is 12.2 Å². The molecule has 2 unspecified atom stereocenters. The number of unbranched alkanes of at least 4 members (excludes halogenated alkanes) is 8. The molecule has 350 valence electrons. The zero-order valence-corrected chi connectivity index (χ0v) is 45.0. The number of carbonyl (C=O) groups excluding carboxylic acids is 1. The van der Waals surface area contributed by atoms with Crippen molar-refractivity contribution in [2.24, 2.45) is 0 Å². The summed E-state index contributed by atoms with van der Waals surface area (Å²) < 4.78 is 11.3. The standard InChI is InChI=1S/C27H40NO2.C16H24O2.C11H16NO.2W/c1-3-25-21-26(17-16-23(25)2)27(29)22-28-18-10-4-5-11-19-30-20-12-9-15-24-13-7-6-8-14-24;17-13-7-1-2-8-14-18-15-9-6-12-16-10-4-3-5-11-16;1-3-9-6-10(11(13)7-12)5-4-8(9)2;;/h6-8,13-14,16-17,21,27,29H,3-5,9-12,15,18-20,22H2,1-2H3;3-5,10-11,13H,1-2,6-9,12,14-15H2;4-6,11-13H,3,7H2,1-2H3;;/q-1;;-1;;. The van der Waals surface area contributed by atoms with Crippen LogP contribution < -0.4 is 0 Å². The Kier molecular flexibility index (Phi) is 39.6. The van der Waals surface area contributed by atoms with Crippen molar-refractivity contribution in [1.82, 2.24) is 0 Å². The van der Waals surface area contributed by atoms with Gasteiger partial charge in [0.1, 0.15) is 6.29 Å². The number of nitrogens with zero attached hydrogens (tertiary/aromatic N) is 1. The zero-order valence-electron chi connectivity index (χ0n) is 39.1. The number of aryl methyl sites for hydroxylation is 6. The first-order chi connectivity index (χ1) is 29.8. The second-order valence-electron chi connectivity index (χ2n) is 16.0. The number of nitrogens with one attached hydrogen (secondary N) is 1. The number of carbonyl (C=O) groups is 1. The maximum Gasteiger partial charge on any atom is 0.119 e. The van der Waals surface area contributed by atoms with Gasteiger partial charge in [0.15, 0.2) is 0 Å². The summed E-state index contributed by atoms with van der Waals surface area (Å²) in [4.78, 5) is 10.1. The van der Waals surface area contributed by atoms with Gasteiger partial charge >= 0.3 is 0 Å². The van der Waals surface area contributed by atoms with Gasteiger partial charge in [-0.1, -0.05) is 137 Å². The van der Waals surface area contributed by atoms with Crippen LogP contribution in [0.3, 0.4) is 0 Å². The molecule has 0 aromatic heterocycles. The van der Waals surface area contributed by atoms with E-state index in [-0.39, 0.29) is 48.7 Å². The quantitative estimate of drug-likeness (QED) is 0.0399. The molecule has 2 atom stereocenters. The summed E-state index contributed by atoms with van der Waals surface area (Å²) in [5.74, 6) is 0. The van der Waals surface area contributed by atoms with Gasteiger partial charge in [-0.3, -0.25) is 0 Å². The molecule has 0 radical (unpaired) electrons. The van der Waals surface area contributed by atoms with Gasteiger partial charge in [-0.05, 0) is 129 Å². The number of hydrogen-bond donors (Lipinski definition) is 2. The summed E-state index contributed by atoms with van der Waals surface area (Å²) in [6.07, 6.45) is 17.3. The Morgan fingerprint density at radius 1 is 0.571 bits per heavy atom. The molecule has 0 saturated heterocycles. The van der Waals surface area contributed by atoms with Gasteiger partial charge in [0.25, 0.3) is 0 Å². The van der Waals surface area contributed by atoms with Gasteiger partial charge in [-0.25, -0.2) is 0 Å². The number of aliphatic hydroxyl groups excluding tert-OH is 2. The molecule has 0 aliphatic carbocycles. The summed E-state index contributed by atoms with van der Waals surface area (Å²) in [6.45, 7) is 13.2. The maximum absolute atomic E-state index is 10.3. The minimum absolute atomic E-state index is 0. The van der Waals surface area contributed by atoms with Gasteiger partial charge in [0, 0.05) is 75.0 Å². The predicted molar refractivity (Wildman–Crippen MR) is 257 cm³/mol. The van der Waals surface area contributed by atoms with Crippen molar-refractivity contribution in [1.29, 1.82) is 0 Å². The van der Waals surface area contributed by atoms with E-state index in [9.17, 15) is 15.0 Å². The molecule has 9 heteroatoms. The van der Waals surface area contributed by atoms with E-state index in [0.29, 0.717) is 13.0 Å². The molecular formula is C54H80N2O5W2-2. The van der Waals surface area contributed by atoms with Crippen molar-refractivity contribution < 1.29 is 66.6 Å². The molecule has 0 aliphatic heterocycles. The molecule has 7 nitrogen and oxygen atoms in total. The summed E-state index contributed by atoms with van der Waals surface area (Å²) in [7, 11) is 0. The summed E-state index contributed by atoms with van der Waals surface area (Å²) in [5, 5.41) is 24.3. The fourth-order valence-corrected chi connectivity index (χ4v) is 6.95. The van der Waals surface area contributed by atoms with E-state index in [1.807, 2.05) is 24.3 Å². The third kappa shape index (κ3) is 29.8. The molecule has 0 spiro atoms. The van der Waals surface area contributed by atoms with Crippen LogP contribution in [0.1, 0.15) is 148 Å². The average Bonchev–Trinajstić information content (AvgIpc) is 3.29. The minimum Gasteiger partial charge on any atom is -0.675 e. The fraction of sp³-hybridized carbons (Fsp3) is 0.537. The first-order valence-electron chi connectivity index (χ1n) is 23.3. The molecule has 0 aliphatic rings. The fourth-order valence-electron chi connectivity index (χ4n) is 6.95. The largest absolute Gasteiger partial charge is 0.675 e. The minimum atomic E-state index is -0.633. The van der Waals surface area contributed by atoms with Crippen LogP contribution in [0.5, 0.6) is 0 Å². The molecule has 0 bridgehead atoms. The average molecular weight is 1200 g/mol. The van der Waals surface area contributed by atoms with Crippen molar-refractivity contribution in [3.8, 4) is 0 Å². The van der Waals surface area contributed by atoms with E-state index >= 15 is 0 Å². The molecule has 0 heterocycles. The molecule has 63 heavy (non-hydrogen) atoms. The number of benzene rings is 4. The van der Waals surface area contributed by atoms with Crippen molar-refractivity contribution >= 4 is 6.29 Å². The topological polar surface area (TPSA) is 114 Å². The Hall–Kier alpha value is -2.31. The van der Waals surface area contributed by atoms with Crippen LogP contribution in [0.25, 0.3) is 11.1 Å². The van der Waals surface area contributed by atoms with E-state index < -0.39 is 12.2 Å². The van der Waals surface area contributed by atoms with Crippen LogP contribution in [-0.4, -0.2) is 62.6 Å². The third-order valence-corrected chi connectivity index (χ3v) is 10.9. The van der Waals surface area contributed by atoms with Crippen LogP contribution in [0, 0.1) is 13.8 Å². The van der Waals surface area contributed by atoms with Crippen molar-refractivity contribution in [3.63, 3.8) is 0 Å². The van der Waals surface area contributed by atoms with Gasteiger partial charge in [0.2, 0.25) is 0 Å². The first-order valence-corrected chi connectivity index (χ1v) is 23.3. The summed E-state index contributed by atoms with van der Waals surface area (Å²) in [6, 6.07) is 33.4. The maximum atomic E-state index is 10.3. The number of ether oxygens (including phenoxy) is 2. The molecule has 0 amide bonds. The van der Waals surface area contributed by atoms with Crippen LogP contribution >= 0.6 is 0 Å². The number of aldehydes is 1. The molecule has 3 N–H and O–H groups in total. The number of hydrogen-bond acceptors (Lipinski definition) is 5. The van der Waals surface area contributed by atoms with Crippen LogP contribution in [0.2, 0.25) is 0 Å². The van der Waals surface area contributed by atoms with E-state index in [1.165, 1.54) is 59.1 Å². The Morgan fingerprint density at radius 2 is 1.00 bits per heavy atom. The smallest absolute Gasteiger partial charge is 0.119 e. The number of aliphatic hydroxyl groups is 2. The van der Waals surface area contributed by atoms with Gasteiger partial charge in [-0.15, -0.1) is 19.6 Å². The Balaban J connectivity index is 0.000000992. The molecule has 0 saturated carbocycles. The van der Waals surface area contributed by atoms with E-state index in [0.717, 1.165) is 121 Å². The first kappa shape index (κ1) is 60.7. The molecule has 4 rings (SSSR count). The predicted octanol–water partition coefficient (Wildman–Crippen LogP) is 13.0. The van der Waals surface area contributed by atoms with Crippen molar-refractivity contribution in [3.05, 3.63) is 153 Å². The zero-order chi connectivity index (χ0) is 44.2. The SMILES string of the molecule is CCc1cc(C(O)C[N-]CCCCCCOCCCCc2ccccc2)ccc1C.CCc1cc(C(O)C[NH-])ccc1C.O=CCCCCCOCCCCc1ccccc1.[W].[W]. The second kappa shape index (κ2) is 41.1. The van der Waals surface area contributed by atoms with Crippen LogP contribution in [0.15, 0.2) is 97.1 Å². The molecule has 0 fully saturated rings. The summed E-state index contributed by atoms with van der Waals surface area (Å²) in [5.41, 5.74) is 16.9. The molecule has 4 aromatic rings. The molecular weight excluding hydrogens is 1120 g/mol. The Morgan fingerprint density at radius 3 is 1.44 bits per heavy atom. The van der Waals surface area contributed by atoms with E-state index in [2.05, 4.69) is 106 Å².